The maximum atomic E-state index is 12.0. The number of hydrogen-bond acceptors (Lipinski definition) is 3. The smallest absolute Gasteiger partial charge is 0.333 e. The highest BCUT2D eigenvalue weighted by Crippen LogP contribution is 2.32. The van der Waals surface area contributed by atoms with E-state index >= 15 is 0 Å². The number of aryl methyl sites for hydroxylation is 2. The van der Waals surface area contributed by atoms with Gasteiger partial charge in [0.25, 0.3) is 0 Å². The monoisotopic (exact) mass is 386 g/mol. The summed E-state index contributed by atoms with van der Waals surface area (Å²) in [7, 11) is 0. The van der Waals surface area contributed by atoms with E-state index in [9.17, 15) is 9.90 Å². The predicted octanol–water partition coefficient (Wildman–Crippen LogP) is 5.75. The van der Waals surface area contributed by atoms with Gasteiger partial charge >= 0.3 is 5.97 Å². The van der Waals surface area contributed by atoms with Crippen LogP contribution in [0.4, 0.5) is 0 Å². The second kappa shape index (κ2) is 8.89. The fraction of sp³-hybridized carbons (Fsp3) is 0.192. The minimum atomic E-state index is -0.394. The molecular weight excluding hydrogens is 360 g/mol. The second-order valence-corrected chi connectivity index (χ2v) is 7.40. The Bertz CT molecular complexity index is 1050. The topological polar surface area (TPSA) is 46.5 Å². The van der Waals surface area contributed by atoms with Crippen molar-refractivity contribution in [3.63, 3.8) is 0 Å². The van der Waals surface area contributed by atoms with Crippen LogP contribution in [-0.4, -0.2) is 11.1 Å². The third-order valence-electron chi connectivity index (χ3n) is 4.95. The molecule has 29 heavy (non-hydrogen) atoms. The molecule has 3 aromatic rings. The summed E-state index contributed by atoms with van der Waals surface area (Å²) in [5.41, 5.74) is 8.83. The Balaban J connectivity index is 2.04. The van der Waals surface area contributed by atoms with Crippen molar-refractivity contribution in [1.29, 1.82) is 0 Å². The molecule has 0 heterocycles. The van der Waals surface area contributed by atoms with E-state index in [0.29, 0.717) is 5.57 Å². The summed E-state index contributed by atoms with van der Waals surface area (Å²) >= 11 is 0. The van der Waals surface area contributed by atoms with Crippen LogP contribution in [0.3, 0.4) is 0 Å². The number of rotatable bonds is 6. The van der Waals surface area contributed by atoms with Crippen LogP contribution in [-0.2, 0) is 22.7 Å². The molecule has 0 aliphatic heterocycles. The molecule has 0 radical (unpaired) electrons. The highest BCUT2D eigenvalue weighted by molar-refractivity contribution is 5.87. The molecule has 1 N–H and O–H groups in total. The number of aliphatic hydroxyl groups is 1. The average Bonchev–Trinajstić information content (AvgIpc) is 2.72. The first-order valence-corrected chi connectivity index (χ1v) is 9.62. The standard InChI is InChI=1S/C26H26O3/c1-17(2)26(28)29-16-23-14-22(21-8-6-20(15-27)7-9-21)10-12-25(23)24-11-5-18(3)13-19(24)4/h5-14,27H,1,15-16H2,2-4H3. The Hall–Kier alpha value is -3.17. The molecule has 0 saturated carbocycles. The summed E-state index contributed by atoms with van der Waals surface area (Å²) in [6.07, 6.45) is 0. The maximum absolute atomic E-state index is 12.0. The third kappa shape index (κ3) is 4.82. The molecule has 0 atom stereocenters. The molecule has 0 spiro atoms. The molecule has 0 bridgehead atoms. The van der Waals surface area contributed by atoms with Crippen molar-refractivity contribution in [2.75, 3.05) is 0 Å². The molecule has 3 heteroatoms. The number of ether oxygens (including phenoxy) is 1. The lowest BCUT2D eigenvalue weighted by Crippen LogP contribution is -2.06. The van der Waals surface area contributed by atoms with Gasteiger partial charge in [-0.15, -0.1) is 0 Å². The molecule has 0 aliphatic rings. The summed E-state index contributed by atoms with van der Waals surface area (Å²) in [5, 5.41) is 9.26. The van der Waals surface area contributed by atoms with Gasteiger partial charge < -0.3 is 9.84 Å². The van der Waals surface area contributed by atoms with E-state index in [4.69, 9.17) is 4.74 Å². The Morgan fingerprint density at radius 2 is 1.59 bits per heavy atom. The Morgan fingerprint density at radius 3 is 2.21 bits per heavy atom. The van der Waals surface area contributed by atoms with Crippen molar-refractivity contribution in [2.45, 2.75) is 34.0 Å². The second-order valence-electron chi connectivity index (χ2n) is 7.40. The van der Waals surface area contributed by atoms with Crippen LogP contribution < -0.4 is 0 Å². The molecule has 0 saturated heterocycles. The van der Waals surface area contributed by atoms with Crippen LogP contribution in [0.5, 0.6) is 0 Å². The molecule has 0 amide bonds. The van der Waals surface area contributed by atoms with Crippen LogP contribution in [0.1, 0.15) is 29.2 Å². The fourth-order valence-corrected chi connectivity index (χ4v) is 3.34. The number of hydrogen-bond donors (Lipinski definition) is 1. The van der Waals surface area contributed by atoms with E-state index < -0.39 is 5.97 Å². The maximum Gasteiger partial charge on any atom is 0.333 e. The summed E-state index contributed by atoms with van der Waals surface area (Å²) < 4.78 is 5.47. The molecule has 3 rings (SSSR count). The van der Waals surface area contributed by atoms with Gasteiger partial charge in [0.05, 0.1) is 6.61 Å². The number of benzene rings is 3. The van der Waals surface area contributed by atoms with Crippen molar-refractivity contribution in [3.05, 3.63) is 95.1 Å². The van der Waals surface area contributed by atoms with E-state index in [-0.39, 0.29) is 13.2 Å². The van der Waals surface area contributed by atoms with E-state index in [0.717, 1.165) is 33.4 Å². The van der Waals surface area contributed by atoms with Gasteiger partial charge in [-0.2, -0.15) is 0 Å². The normalized spacial score (nSPS) is 10.6. The van der Waals surface area contributed by atoms with Gasteiger partial charge in [0, 0.05) is 5.57 Å². The van der Waals surface area contributed by atoms with E-state index in [1.165, 1.54) is 11.1 Å². The van der Waals surface area contributed by atoms with Crippen molar-refractivity contribution >= 4 is 5.97 Å². The van der Waals surface area contributed by atoms with Crippen molar-refractivity contribution in [2.24, 2.45) is 0 Å². The summed E-state index contributed by atoms with van der Waals surface area (Å²) in [6, 6.07) is 20.4. The molecule has 0 aliphatic carbocycles. The zero-order valence-corrected chi connectivity index (χ0v) is 17.2. The molecular formula is C26H26O3. The largest absolute Gasteiger partial charge is 0.457 e. The van der Waals surface area contributed by atoms with Gasteiger partial charge in [-0.3, -0.25) is 0 Å². The van der Waals surface area contributed by atoms with Gasteiger partial charge in [0.1, 0.15) is 6.61 Å². The summed E-state index contributed by atoms with van der Waals surface area (Å²) in [6.45, 7) is 9.67. The molecule has 0 aromatic heterocycles. The highest BCUT2D eigenvalue weighted by atomic mass is 16.5. The Labute approximate surface area is 172 Å². The zero-order chi connectivity index (χ0) is 21.0. The molecule has 3 nitrogen and oxygen atoms in total. The number of esters is 1. The predicted molar refractivity (Wildman–Crippen MR) is 117 cm³/mol. The van der Waals surface area contributed by atoms with Gasteiger partial charge in [0.2, 0.25) is 0 Å². The first-order valence-electron chi connectivity index (χ1n) is 9.62. The van der Waals surface area contributed by atoms with Crippen LogP contribution >= 0.6 is 0 Å². The number of aliphatic hydroxyl groups excluding tert-OH is 1. The van der Waals surface area contributed by atoms with E-state index in [1.807, 2.05) is 24.3 Å². The lowest BCUT2D eigenvalue weighted by Gasteiger charge is -2.15. The first kappa shape index (κ1) is 20.6. The van der Waals surface area contributed by atoms with Crippen molar-refractivity contribution in [3.8, 4) is 22.3 Å². The highest BCUT2D eigenvalue weighted by Gasteiger charge is 2.13. The first-order chi connectivity index (χ1) is 13.9. The Kier molecular flexibility index (Phi) is 6.30. The average molecular weight is 386 g/mol. The SMILES string of the molecule is C=C(C)C(=O)OCc1cc(-c2ccc(CO)cc2)ccc1-c1ccc(C)cc1C. The van der Waals surface area contributed by atoms with Gasteiger partial charge in [-0.1, -0.05) is 66.7 Å². The molecule has 0 fully saturated rings. The van der Waals surface area contributed by atoms with Crippen LogP contribution in [0, 0.1) is 13.8 Å². The van der Waals surface area contributed by atoms with Crippen molar-refractivity contribution in [1.82, 2.24) is 0 Å². The lowest BCUT2D eigenvalue weighted by atomic mass is 9.92. The molecule has 148 valence electrons. The van der Waals surface area contributed by atoms with Gasteiger partial charge in [0.15, 0.2) is 0 Å². The lowest BCUT2D eigenvalue weighted by molar-refractivity contribution is -0.140. The van der Waals surface area contributed by atoms with Gasteiger partial charge in [-0.25, -0.2) is 4.79 Å². The third-order valence-corrected chi connectivity index (χ3v) is 4.95. The quantitative estimate of drug-likeness (QED) is 0.433. The number of carbonyl (C=O) groups excluding carboxylic acids is 1. The van der Waals surface area contributed by atoms with Gasteiger partial charge in [-0.05, 0) is 65.8 Å². The van der Waals surface area contributed by atoms with Crippen molar-refractivity contribution < 1.29 is 14.6 Å². The summed E-state index contributed by atoms with van der Waals surface area (Å²) in [4.78, 5) is 12.0. The van der Waals surface area contributed by atoms with Crippen LogP contribution in [0.25, 0.3) is 22.3 Å². The minimum Gasteiger partial charge on any atom is -0.457 e. The van der Waals surface area contributed by atoms with Crippen LogP contribution in [0.15, 0.2) is 72.8 Å². The van der Waals surface area contributed by atoms with E-state index in [1.54, 1.807) is 6.92 Å². The molecule has 3 aromatic carbocycles. The van der Waals surface area contributed by atoms with Crippen LogP contribution in [0.2, 0.25) is 0 Å². The number of carbonyl (C=O) groups is 1. The minimum absolute atomic E-state index is 0.0218. The zero-order valence-electron chi connectivity index (χ0n) is 17.2. The van der Waals surface area contributed by atoms with E-state index in [2.05, 4.69) is 56.8 Å². The Morgan fingerprint density at radius 1 is 0.931 bits per heavy atom. The summed E-state index contributed by atoms with van der Waals surface area (Å²) in [5.74, 6) is -0.394. The fourth-order valence-electron chi connectivity index (χ4n) is 3.34. The molecule has 0 unspecified atom stereocenters.